The van der Waals surface area contributed by atoms with Crippen molar-refractivity contribution >= 4 is 5.97 Å². The summed E-state index contributed by atoms with van der Waals surface area (Å²) < 4.78 is 0. The minimum absolute atomic E-state index is 0.111. The molecule has 2 nitrogen and oxygen atoms in total. The Balaban J connectivity index is 0. The van der Waals surface area contributed by atoms with Gasteiger partial charge in [-0.1, -0.05) is 66.2 Å². The minimum Gasteiger partial charge on any atom is -0.481 e. The van der Waals surface area contributed by atoms with Gasteiger partial charge in [-0.2, -0.15) is 0 Å². The van der Waals surface area contributed by atoms with E-state index in [0.29, 0.717) is 0 Å². The maximum atomic E-state index is 10.4. The third-order valence-corrected chi connectivity index (χ3v) is 2.71. The Morgan fingerprint density at radius 1 is 0.938 bits per heavy atom. The maximum absolute atomic E-state index is 10.4. The molecule has 0 aromatic rings. The highest BCUT2D eigenvalue weighted by atomic mass is 16.4. The van der Waals surface area contributed by atoms with Crippen LogP contribution in [0.25, 0.3) is 0 Å². The van der Waals surface area contributed by atoms with E-state index in [1.54, 1.807) is 0 Å². The Kier molecular flexibility index (Phi) is 16.1. The molecule has 2 heteroatoms. The van der Waals surface area contributed by atoms with Crippen LogP contribution in [0.5, 0.6) is 0 Å². The van der Waals surface area contributed by atoms with Crippen LogP contribution in [-0.4, -0.2) is 11.1 Å². The fourth-order valence-corrected chi connectivity index (χ4v) is 1.45. The predicted octanol–water partition coefficient (Wildman–Crippen LogP) is 4.87. The van der Waals surface area contributed by atoms with E-state index in [2.05, 4.69) is 20.8 Å². The first-order valence-electron chi connectivity index (χ1n) is 6.86. The van der Waals surface area contributed by atoms with E-state index < -0.39 is 5.97 Å². The molecule has 0 aromatic heterocycles. The SMILES string of the molecule is CCCCC(CC)C(=O)O.CCCCCC. The summed E-state index contributed by atoms with van der Waals surface area (Å²) >= 11 is 0. The molecule has 0 saturated carbocycles. The van der Waals surface area contributed by atoms with Gasteiger partial charge in [-0.25, -0.2) is 0 Å². The number of hydrogen-bond donors (Lipinski definition) is 1. The van der Waals surface area contributed by atoms with Crippen LogP contribution in [0.4, 0.5) is 0 Å². The van der Waals surface area contributed by atoms with E-state index >= 15 is 0 Å². The monoisotopic (exact) mass is 230 g/mol. The molecule has 1 atom stereocenters. The summed E-state index contributed by atoms with van der Waals surface area (Å²) in [7, 11) is 0. The van der Waals surface area contributed by atoms with Crippen LogP contribution in [0.3, 0.4) is 0 Å². The lowest BCUT2D eigenvalue weighted by atomic mass is 10.00. The van der Waals surface area contributed by atoms with Gasteiger partial charge in [0.05, 0.1) is 5.92 Å². The third kappa shape index (κ3) is 13.5. The van der Waals surface area contributed by atoms with Crippen LogP contribution < -0.4 is 0 Å². The molecule has 1 N–H and O–H groups in total. The summed E-state index contributed by atoms with van der Waals surface area (Å²) in [5.74, 6) is -0.754. The topological polar surface area (TPSA) is 37.3 Å². The van der Waals surface area contributed by atoms with E-state index in [0.717, 1.165) is 25.7 Å². The normalized spacial score (nSPS) is 11.5. The first-order valence-corrected chi connectivity index (χ1v) is 6.86. The zero-order valence-electron chi connectivity index (χ0n) is 11.6. The minimum atomic E-state index is -0.643. The number of carboxylic acid groups (broad SMARTS) is 1. The van der Waals surface area contributed by atoms with Crippen LogP contribution in [0.15, 0.2) is 0 Å². The van der Waals surface area contributed by atoms with Crippen LogP contribution >= 0.6 is 0 Å². The summed E-state index contributed by atoms with van der Waals surface area (Å²) in [5.41, 5.74) is 0. The van der Waals surface area contributed by atoms with Crippen LogP contribution in [0, 0.1) is 5.92 Å². The first kappa shape index (κ1) is 17.9. The molecule has 0 amide bonds. The van der Waals surface area contributed by atoms with Crippen LogP contribution in [-0.2, 0) is 4.79 Å². The predicted molar refractivity (Wildman–Crippen MR) is 70.8 cm³/mol. The van der Waals surface area contributed by atoms with Gasteiger partial charge in [0.15, 0.2) is 0 Å². The average Bonchev–Trinajstić information content (AvgIpc) is 2.28. The fourth-order valence-electron chi connectivity index (χ4n) is 1.45. The molecule has 0 heterocycles. The molecule has 0 radical (unpaired) electrons. The van der Waals surface area contributed by atoms with Gasteiger partial charge in [-0.3, -0.25) is 4.79 Å². The highest BCUT2D eigenvalue weighted by molar-refractivity contribution is 5.69. The summed E-state index contributed by atoms with van der Waals surface area (Å²) in [4.78, 5) is 10.4. The quantitative estimate of drug-likeness (QED) is 0.604. The van der Waals surface area contributed by atoms with Gasteiger partial charge in [0, 0.05) is 0 Å². The molecule has 0 aromatic carbocycles. The van der Waals surface area contributed by atoms with Crippen molar-refractivity contribution in [2.24, 2.45) is 5.92 Å². The number of hydrogen-bond acceptors (Lipinski definition) is 1. The summed E-state index contributed by atoms with van der Waals surface area (Å²) in [5, 5.41) is 8.60. The van der Waals surface area contributed by atoms with E-state index in [1.807, 2.05) is 6.92 Å². The van der Waals surface area contributed by atoms with Crippen molar-refractivity contribution in [1.29, 1.82) is 0 Å². The number of carbonyl (C=O) groups is 1. The molecule has 0 aliphatic rings. The second-order valence-corrected chi connectivity index (χ2v) is 4.29. The largest absolute Gasteiger partial charge is 0.481 e. The molecule has 0 spiro atoms. The lowest BCUT2D eigenvalue weighted by Crippen LogP contribution is -2.11. The first-order chi connectivity index (χ1) is 7.63. The highest BCUT2D eigenvalue weighted by Crippen LogP contribution is 2.11. The number of carboxylic acids is 1. The molecule has 0 rings (SSSR count). The molecule has 98 valence electrons. The van der Waals surface area contributed by atoms with Gasteiger partial charge in [0.1, 0.15) is 0 Å². The van der Waals surface area contributed by atoms with Gasteiger partial charge < -0.3 is 5.11 Å². The molecular formula is C14H30O2. The van der Waals surface area contributed by atoms with Crippen molar-refractivity contribution < 1.29 is 9.90 Å². The van der Waals surface area contributed by atoms with Gasteiger partial charge in [-0.05, 0) is 12.8 Å². The lowest BCUT2D eigenvalue weighted by molar-refractivity contribution is -0.142. The fraction of sp³-hybridized carbons (Fsp3) is 0.929. The molecule has 0 bridgehead atoms. The number of unbranched alkanes of at least 4 members (excludes halogenated alkanes) is 4. The Hall–Kier alpha value is -0.530. The van der Waals surface area contributed by atoms with Crippen molar-refractivity contribution in [2.75, 3.05) is 0 Å². The van der Waals surface area contributed by atoms with E-state index in [9.17, 15) is 4.79 Å². The molecule has 1 unspecified atom stereocenters. The summed E-state index contributed by atoms with van der Waals surface area (Å²) in [6.07, 6.45) is 9.25. The average molecular weight is 230 g/mol. The Labute approximate surface area is 101 Å². The second kappa shape index (κ2) is 14.5. The third-order valence-electron chi connectivity index (χ3n) is 2.71. The van der Waals surface area contributed by atoms with E-state index in [1.165, 1.54) is 25.7 Å². The standard InChI is InChI=1S/C8H16O2.C6H14/c1-3-5-6-7(4-2)8(9)10;1-3-5-6-4-2/h7H,3-6H2,1-2H3,(H,9,10);3-6H2,1-2H3. The second-order valence-electron chi connectivity index (χ2n) is 4.29. The Bertz CT molecular complexity index is 140. The van der Waals surface area contributed by atoms with Gasteiger partial charge in [0.25, 0.3) is 0 Å². The van der Waals surface area contributed by atoms with Crippen LogP contribution in [0.1, 0.15) is 79.1 Å². The zero-order valence-corrected chi connectivity index (χ0v) is 11.6. The smallest absolute Gasteiger partial charge is 0.306 e. The molecule has 0 aliphatic carbocycles. The Morgan fingerprint density at radius 3 is 1.62 bits per heavy atom. The molecule has 0 fully saturated rings. The highest BCUT2D eigenvalue weighted by Gasteiger charge is 2.12. The maximum Gasteiger partial charge on any atom is 0.306 e. The molecule has 16 heavy (non-hydrogen) atoms. The number of rotatable bonds is 8. The van der Waals surface area contributed by atoms with E-state index in [4.69, 9.17) is 5.11 Å². The molecule has 0 aliphatic heterocycles. The molecular weight excluding hydrogens is 200 g/mol. The van der Waals surface area contributed by atoms with Crippen molar-refractivity contribution in [1.82, 2.24) is 0 Å². The lowest BCUT2D eigenvalue weighted by Gasteiger charge is -2.06. The molecule has 0 saturated heterocycles. The van der Waals surface area contributed by atoms with Gasteiger partial charge >= 0.3 is 5.97 Å². The van der Waals surface area contributed by atoms with E-state index in [-0.39, 0.29) is 5.92 Å². The summed E-state index contributed by atoms with van der Waals surface area (Å²) in [6.45, 7) is 8.47. The van der Waals surface area contributed by atoms with Crippen molar-refractivity contribution in [3.8, 4) is 0 Å². The zero-order chi connectivity index (χ0) is 12.8. The van der Waals surface area contributed by atoms with Crippen LogP contribution in [0.2, 0.25) is 0 Å². The van der Waals surface area contributed by atoms with Crippen molar-refractivity contribution in [3.63, 3.8) is 0 Å². The van der Waals surface area contributed by atoms with Gasteiger partial charge in [-0.15, -0.1) is 0 Å². The number of aliphatic carboxylic acids is 1. The summed E-state index contributed by atoms with van der Waals surface area (Å²) in [6, 6.07) is 0. The van der Waals surface area contributed by atoms with Crippen molar-refractivity contribution in [3.05, 3.63) is 0 Å². The van der Waals surface area contributed by atoms with Crippen molar-refractivity contribution in [2.45, 2.75) is 79.1 Å². The van der Waals surface area contributed by atoms with Gasteiger partial charge in [0.2, 0.25) is 0 Å². The Morgan fingerprint density at radius 2 is 1.38 bits per heavy atom.